The van der Waals surface area contributed by atoms with Gasteiger partial charge in [-0.2, -0.15) is 0 Å². The molecule has 2 N–H and O–H groups in total. The zero-order valence-corrected chi connectivity index (χ0v) is 13.1. The molecule has 2 atom stereocenters. The van der Waals surface area contributed by atoms with Crippen molar-refractivity contribution in [3.05, 3.63) is 28.8 Å². The maximum atomic E-state index is 12.0. The first-order valence-corrected chi connectivity index (χ1v) is 7.07. The predicted molar refractivity (Wildman–Crippen MR) is 80.1 cm³/mol. The normalized spacial score (nSPS) is 13.9. The molecule has 0 spiro atoms. The van der Waals surface area contributed by atoms with Crippen LogP contribution >= 0.6 is 11.6 Å². The van der Waals surface area contributed by atoms with Gasteiger partial charge in [0.2, 0.25) is 0 Å². The minimum Gasteiger partial charge on any atom is -0.481 e. The van der Waals surface area contributed by atoms with Gasteiger partial charge in [-0.1, -0.05) is 25.4 Å². The van der Waals surface area contributed by atoms with Gasteiger partial charge in [-0.3, -0.25) is 4.79 Å². The Kier molecular flexibility index (Phi) is 6.30. The van der Waals surface area contributed by atoms with Crippen LogP contribution in [0.5, 0.6) is 5.75 Å². The number of halogens is 1. The van der Waals surface area contributed by atoms with Crippen LogP contribution in [0.1, 0.15) is 26.3 Å². The average Bonchev–Trinajstić information content (AvgIpc) is 2.38. The molecule has 0 saturated heterocycles. The SMILES string of the molecule is Cc1cc(Cl)ccc1OC(C)C(=O)N[C@H](CO)C(C)C. The lowest BCUT2D eigenvalue weighted by molar-refractivity contribution is -0.128. The molecule has 20 heavy (non-hydrogen) atoms. The highest BCUT2D eigenvalue weighted by Crippen LogP contribution is 2.22. The number of amides is 1. The van der Waals surface area contributed by atoms with Crippen molar-refractivity contribution in [1.82, 2.24) is 5.32 Å². The van der Waals surface area contributed by atoms with Gasteiger partial charge in [-0.05, 0) is 43.5 Å². The number of benzene rings is 1. The van der Waals surface area contributed by atoms with Crippen LogP contribution in [0, 0.1) is 12.8 Å². The van der Waals surface area contributed by atoms with E-state index in [2.05, 4.69) is 5.32 Å². The number of aliphatic hydroxyl groups excluding tert-OH is 1. The molecule has 4 nitrogen and oxygen atoms in total. The second-order valence-corrected chi connectivity index (χ2v) is 5.65. The number of aryl methyl sites for hydroxylation is 1. The molecule has 0 aliphatic carbocycles. The number of hydrogen-bond donors (Lipinski definition) is 2. The van der Waals surface area contributed by atoms with Gasteiger partial charge in [0.25, 0.3) is 5.91 Å². The second-order valence-electron chi connectivity index (χ2n) is 5.21. The first kappa shape index (κ1) is 16.8. The summed E-state index contributed by atoms with van der Waals surface area (Å²) in [4.78, 5) is 12.0. The number of ether oxygens (including phenoxy) is 1. The summed E-state index contributed by atoms with van der Waals surface area (Å²) >= 11 is 5.88. The molecular formula is C15H22ClNO3. The molecule has 0 bridgehead atoms. The second kappa shape index (κ2) is 7.50. The number of nitrogens with one attached hydrogen (secondary N) is 1. The van der Waals surface area contributed by atoms with Crippen molar-refractivity contribution in [2.45, 2.75) is 39.8 Å². The molecule has 0 aromatic heterocycles. The van der Waals surface area contributed by atoms with E-state index in [0.29, 0.717) is 10.8 Å². The van der Waals surface area contributed by atoms with E-state index in [4.69, 9.17) is 16.3 Å². The third-order valence-electron chi connectivity index (χ3n) is 3.14. The van der Waals surface area contributed by atoms with Gasteiger partial charge in [0.05, 0.1) is 12.6 Å². The Hall–Kier alpha value is -1.26. The van der Waals surface area contributed by atoms with Crippen LogP contribution in [0.4, 0.5) is 0 Å². The largest absolute Gasteiger partial charge is 0.481 e. The number of hydrogen-bond acceptors (Lipinski definition) is 3. The average molecular weight is 300 g/mol. The molecule has 1 amide bonds. The summed E-state index contributed by atoms with van der Waals surface area (Å²) in [6.45, 7) is 7.34. The summed E-state index contributed by atoms with van der Waals surface area (Å²) in [5.41, 5.74) is 0.875. The molecule has 0 heterocycles. The summed E-state index contributed by atoms with van der Waals surface area (Å²) in [5.74, 6) is 0.544. The van der Waals surface area contributed by atoms with Crippen LogP contribution < -0.4 is 10.1 Å². The lowest BCUT2D eigenvalue weighted by Crippen LogP contribution is -2.46. The fourth-order valence-corrected chi connectivity index (χ4v) is 1.94. The Bertz CT molecular complexity index is 462. The lowest BCUT2D eigenvalue weighted by atomic mass is 10.1. The van der Waals surface area contributed by atoms with Gasteiger partial charge in [-0.15, -0.1) is 0 Å². The van der Waals surface area contributed by atoms with Crippen LogP contribution in [0.15, 0.2) is 18.2 Å². The fraction of sp³-hybridized carbons (Fsp3) is 0.533. The summed E-state index contributed by atoms with van der Waals surface area (Å²) in [6.07, 6.45) is -0.636. The van der Waals surface area contributed by atoms with Gasteiger partial charge in [0.15, 0.2) is 6.10 Å². The van der Waals surface area contributed by atoms with Crippen molar-refractivity contribution in [1.29, 1.82) is 0 Å². The van der Waals surface area contributed by atoms with Crippen LogP contribution in [-0.2, 0) is 4.79 Å². The molecule has 1 rings (SSSR count). The van der Waals surface area contributed by atoms with Crippen molar-refractivity contribution in [2.75, 3.05) is 6.61 Å². The van der Waals surface area contributed by atoms with E-state index in [1.54, 1.807) is 25.1 Å². The fourth-order valence-electron chi connectivity index (χ4n) is 1.71. The minimum absolute atomic E-state index is 0.0872. The Morgan fingerprint density at radius 1 is 1.40 bits per heavy atom. The summed E-state index contributed by atoms with van der Waals surface area (Å²) in [5, 5.41) is 12.6. The standard InChI is InChI=1S/C15H22ClNO3/c1-9(2)13(8-18)17-15(19)11(4)20-14-6-5-12(16)7-10(14)3/h5-7,9,11,13,18H,8H2,1-4H3,(H,17,19)/t11?,13-/m1/s1. The van der Waals surface area contributed by atoms with Crippen LogP contribution in [0.25, 0.3) is 0 Å². The zero-order valence-electron chi connectivity index (χ0n) is 12.3. The van der Waals surface area contributed by atoms with Gasteiger partial charge < -0.3 is 15.2 Å². The molecule has 0 saturated carbocycles. The quantitative estimate of drug-likeness (QED) is 0.849. The molecule has 1 aromatic rings. The smallest absolute Gasteiger partial charge is 0.261 e. The number of rotatable bonds is 6. The minimum atomic E-state index is -0.636. The van der Waals surface area contributed by atoms with E-state index in [0.717, 1.165) is 5.56 Å². The molecular weight excluding hydrogens is 278 g/mol. The summed E-state index contributed by atoms with van der Waals surface area (Å²) in [6, 6.07) is 4.98. The first-order chi connectivity index (χ1) is 9.35. The Labute approximate surface area is 125 Å². The molecule has 0 aliphatic heterocycles. The summed E-state index contributed by atoms with van der Waals surface area (Å²) in [7, 11) is 0. The van der Waals surface area contributed by atoms with Crippen LogP contribution in [-0.4, -0.2) is 29.8 Å². The van der Waals surface area contributed by atoms with E-state index >= 15 is 0 Å². The monoisotopic (exact) mass is 299 g/mol. The predicted octanol–water partition coefficient (Wildman–Crippen LogP) is 2.55. The zero-order chi connectivity index (χ0) is 15.3. The van der Waals surface area contributed by atoms with Gasteiger partial charge >= 0.3 is 0 Å². The van der Waals surface area contributed by atoms with Crippen molar-refractivity contribution < 1.29 is 14.6 Å². The highest BCUT2D eigenvalue weighted by atomic mass is 35.5. The maximum absolute atomic E-state index is 12.0. The van der Waals surface area contributed by atoms with Crippen molar-refractivity contribution in [2.24, 2.45) is 5.92 Å². The first-order valence-electron chi connectivity index (χ1n) is 6.69. The van der Waals surface area contributed by atoms with E-state index in [1.165, 1.54) is 0 Å². The summed E-state index contributed by atoms with van der Waals surface area (Å²) < 4.78 is 5.63. The van der Waals surface area contributed by atoms with E-state index in [1.807, 2.05) is 20.8 Å². The van der Waals surface area contributed by atoms with Crippen LogP contribution in [0.2, 0.25) is 5.02 Å². The highest BCUT2D eigenvalue weighted by molar-refractivity contribution is 6.30. The molecule has 5 heteroatoms. The molecule has 0 radical (unpaired) electrons. The molecule has 112 valence electrons. The van der Waals surface area contributed by atoms with Gasteiger partial charge in [-0.25, -0.2) is 0 Å². The lowest BCUT2D eigenvalue weighted by Gasteiger charge is -2.23. The third kappa shape index (κ3) is 4.69. The van der Waals surface area contributed by atoms with Gasteiger partial charge in [0.1, 0.15) is 5.75 Å². The third-order valence-corrected chi connectivity index (χ3v) is 3.37. The number of aliphatic hydroxyl groups is 1. The van der Waals surface area contributed by atoms with E-state index in [9.17, 15) is 9.90 Å². The van der Waals surface area contributed by atoms with E-state index in [-0.39, 0.29) is 24.5 Å². The Morgan fingerprint density at radius 3 is 2.55 bits per heavy atom. The van der Waals surface area contributed by atoms with Gasteiger partial charge in [0, 0.05) is 5.02 Å². The van der Waals surface area contributed by atoms with E-state index < -0.39 is 6.10 Å². The Balaban J connectivity index is 2.65. The van der Waals surface area contributed by atoms with Crippen molar-refractivity contribution in [3.8, 4) is 5.75 Å². The molecule has 1 aromatic carbocycles. The number of carbonyl (C=O) groups is 1. The number of carbonyl (C=O) groups excluding carboxylic acids is 1. The highest BCUT2D eigenvalue weighted by Gasteiger charge is 2.21. The Morgan fingerprint density at radius 2 is 2.05 bits per heavy atom. The maximum Gasteiger partial charge on any atom is 0.261 e. The molecule has 1 unspecified atom stereocenters. The van der Waals surface area contributed by atoms with Crippen LogP contribution in [0.3, 0.4) is 0 Å². The molecule has 0 aliphatic rings. The van der Waals surface area contributed by atoms with Crippen molar-refractivity contribution >= 4 is 17.5 Å². The topological polar surface area (TPSA) is 58.6 Å². The van der Waals surface area contributed by atoms with Crippen molar-refractivity contribution in [3.63, 3.8) is 0 Å². The molecule has 0 fully saturated rings.